The maximum absolute atomic E-state index is 13.4. The first-order valence-corrected chi connectivity index (χ1v) is 16.6. The number of amides is 2. The standard InChI is InChI=1S/C33H44N4O6S/c1-3-19-37(32(39)42-23-25-13-15-29(16-14-25)44(41)43-34-2)28-17-20-35(21-18-28)30-22-36(31(38)26-9-7-8-10-26)24-33(30,40)27-11-5-4-6-12-27/h3-6,11-16,26,28,30,34,40H,1,7-10,17-24H2,2H3/t30-,33-,44?/m0/s1. The molecule has 238 valence electrons. The van der Waals surface area contributed by atoms with Gasteiger partial charge in [-0.25, -0.2) is 9.00 Å². The first-order valence-electron chi connectivity index (χ1n) is 15.5. The van der Waals surface area contributed by atoms with Gasteiger partial charge in [0, 0.05) is 45.2 Å². The zero-order valence-corrected chi connectivity index (χ0v) is 26.3. The van der Waals surface area contributed by atoms with Crippen molar-refractivity contribution in [3.63, 3.8) is 0 Å². The molecule has 1 unspecified atom stereocenters. The van der Waals surface area contributed by atoms with Crippen molar-refractivity contribution in [2.75, 3.05) is 39.8 Å². The van der Waals surface area contributed by atoms with Crippen molar-refractivity contribution in [2.24, 2.45) is 5.92 Å². The molecule has 2 aromatic rings. The summed E-state index contributed by atoms with van der Waals surface area (Å²) in [4.78, 5) is 33.1. The molecule has 44 heavy (non-hydrogen) atoms. The van der Waals surface area contributed by atoms with Crippen LogP contribution in [0.3, 0.4) is 0 Å². The Morgan fingerprint density at radius 3 is 2.41 bits per heavy atom. The van der Waals surface area contributed by atoms with E-state index >= 15 is 0 Å². The number of hydroxylamine groups is 1. The van der Waals surface area contributed by atoms with E-state index < -0.39 is 22.8 Å². The van der Waals surface area contributed by atoms with E-state index in [1.807, 2.05) is 35.2 Å². The van der Waals surface area contributed by atoms with Gasteiger partial charge in [0.15, 0.2) is 0 Å². The summed E-state index contributed by atoms with van der Waals surface area (Å²) in [5.41, 5.74) is 2.85. The molecule has 2 aliphatic heterocycles. The van der Waals surface area contributed by atoms with Crippen LogP contribution < -0.4 is 5.48 Å². The summed E-state index contributed by atoms with van der Waals surface area (Å²) in [6.07, 6.45) is 6.77. The molecule has 1 aliphatic carbocycles. The zero-order chi connectivity index (χ0) is 31.1. The molecular weight excluding hydrogens is 580 g/mol. The van der Waals surface area contributed by atoms with Crippen molar-refractivity contribution in [1.29, 1.82) is 0 Å². The van der Waals surface area contributed by atoms with Gasteiger partial charge in [0.25, 0.3) is 0 Å². The van der Waals surface area contributed by atoms with E-state index in [9.17, 15) is 18.9 Å². The van der Waals surface area contributed by atoms with Gasteiger partial charge in [-0.15, -0.1) is 6.58 Å². The highest BCUT2D eigenvalue weighted by molar-refractivity contribution is 7.80. The van der Waals surface area contributed by atoms with Gasteiger partial charge in [0.05, 0.1) is 17.5 Å². The monoisotopic (exact) mass is 624 g/mol. The Hall–Kier alpha value is -3.09. The molecule has 2 aromatic carbocycles. The van der Waals surface area contributed by atoms with Crippen LogP contribution in [-0.2, 0) is 37.1 Å². The Morgan fingerprint density at radius 1 is 1.09 bits per heavy atom. The summed E-state index contributed by atoms with van der Waals surface area (Å²) in [5, 5.41) is 12.2. The van der Waals surface area contributed by atoms with Crippen LogP contribution in [0.5, 0.6) is 0 Å². The minimum atomic E-state index is -1.62. The Bertz CT molecular complexity index is 1300. The molecule has 2 heterocycles. The zero-order valence-electron chi connectivity index (χ0n) is 25.4. The van der Waals surface area contributed by atoms with Gasteiger partial charge in [-0.3, -0.25) is 9.69 Å². The summed E-state index contributed by atoms with van der Waals surface area (Å²) < 4.78 is 22.5. The number of piperidine rings is 1. The number of aliphatic hydroxyl groups is 1. The van der Waals surface area contributed by atoms with Gasteiger partial charge in [0.1, 0.15) is 12.2 Å². The number of β-amino-alcohol motifs (C(OH)–C–C–N with tert-alkyl or cyclic N) is 1. The lowest BCUT2D eigenvalue weighted by molar-refractivity contribution is -0.135. The quantitative estimate of drug-likeness (QED) is 0.288. The molecule has 1 saturated carbocycles. The van der Waals surface area contributed by atoms with Crippen molar-refractivity contribution in [3.05, 3.63) is 78.4 Å². The number of carbonyl (C=O) groups is 2. The van der Waals surface area contributed by atoms with Crippen molar-refractivity contribution < 1.29 is 27.9 Å². The lowest BCUT2D eigenvalue weighted by atomic mass is 9.86. The lowest BCUT2D eigenvalue weighted by Gasteiger charge is -2.43. The largest absolute Gasteiger partial charge is 0.445 e. The number of benzene rings is 2. The van der Waals surface area contributed by atoms with Gasteiger partial charge < -0.3 is 19.6 Å². The van der Waals surface area contributed by atoms with Crippen LogP contribution in [0, 0.1) is 5.92 Å². The highest BCUT2D eigenvalue weighted by Gasteiger charge is 2.51. The number of hydrogen-bond acceptors (Lipinski definition) is 8. The molecule has 0 aromatic heterocycles. The third kappa shape index (κ3) is 7.24. The average molecular weight is 625 g/mol. The molecule has 10 nitrogen and oxygen atoms in total. The highest BCUT2D eigenvalue weighted by Crippen LogP contribution is 2.39. The Balaban J connectivity index is 1.22. The molecule has 0 spiro atoms. The van der Waals surface area contributed by atoms with E-state index in [0.717, 1.165) is 36.8 Å². The second kappa shape index (κ2) is 14.8. The molecule has 5 rings (SSSR count). The van der Waals surface area contributed by atoms with Crippen LogP contribution in [0.1, 0.15) is 49.7 Å². The van der Waals surface area contributed by atoms with Gasteiger partial charge in [-0.05, 0) is 48.9 Å². The van der Waals surface area contributed by atoms with E-state index in [1.165, 1.54) is 7.05 Å². The molecule has 2 saturated heterocycles. The Morgan fingerprint density at radius 2 is 1.77 bits per heavy atom. The number of nitrogens with one attached hydrogen (secondary N) is 1. The van der Waals surface area contributed by atoms with Crippen molar-refractivity contribution in [3.8, 4) is 0 Å². The highest BCUT2D eigenvalue weighted by atomic mass is 32.2. The molecule has 2 amide bonds. The van der Waals surface area contributed by atoms with Crippen LogP contribution in [0.25, 0.3) is 0 Å². The van der Waals surface area contributed by atoms with Gasteiger partial charge in [0.2, 0.25) is 17.0 Å². The van der Waals surface area contributed by atoms with Crippen LogP contribution in [0.4, 0.5) is 4.79 Å². The number of rotatable bonds is 11. The molecule has 3 atom stereocenters. The minimum Gasteiger partial charge on any atom is -0.445 e. The second-order valence-corrected chi connectivity index (χ2v) is 13.0. The number of carbonyl (C=O) groups excluding carboxylic acids is 2. The predicted molar refractivity (Wildman–Crippen MR) is 167 cm³/mol. The fourth-order valence-electron chi connectivity index (χ4n) is 6.92. The molecule has 2 N–H and O–H groups in total. The SMILES string of the molecule is C=CCN(C(=O)OCc1ccc(S(=O)ONC)cc1)C1CCN([C@H]2CN(C(=O)C3CCCC3)C[C@]2(O)c2ccccc2)CC1. The van der Waals surface area contributed by atoms with E-state index in [0.29, 0.717) is 50.5 Å². The smallest absolute Gasteiger partial charge is 0.410 e. The third-order valence-corrected chi connectivity index (χ3v) is 10.2. The summed E-state index contributed by atoms with van der Waals surface area (Å²) in [7, 11) is 1.54. The summed E-state index contributed by atoms with van der Waals surface area (Å²) >= 11 is -1.62. The first-order chi connectivity index (χ1) is 21.3. The molecule has 3 fully saturated rings. The Kier molecular flexibility index (Phi) is 10.9. The summed E-state index contributed by atoms with van der Waals surface area (Å²) in [5.74, 6) is 0.232. The van der Waals surface area contributed by atoms with Crippen LogP contribution >= 0.6 is 0 Å². The number of likely N-dealkylation sites (tertiary alicyclic amines) is 2. The van der Waals surface area contributed by atoms with Gasteiger partial charge >= 0.3 is 6.09 Å². The topological polar surface area (TPSA) is 112 Å². The van der Waals surface area contributed by atoms with E-state index in [4.69, 9.17) is 9.02 Å². The third-order valence-electron chi connectivity index (χ3n) is 9.24. The van der Waals surface area contributed by atoms with Crippen LogP contribution in [-0.4, -0.2) is 87.9 Å². The van der Waals surface area contributed by atoms with Gasteiger partial charge in [-0.1, -0.05) is 61.4 Å². The predicted octanol–water partition coefficient (Wildman–Crippen LogP) is 3.74. The number of nitrogens with zero attached hydrogens (tertiary/aromatic N) is 3. The normalized spacial score (nSPS) is 23.9. The molecular formula is C33H44N4O6S. The second-order valence-electron chi connectivity index (χ2n) is 11.9. The van der Waals surface area contributed by atoms with Crippen molar-refractivity contribution in [1.82, 2.24) is 20.2 Å². The summed E-state index contributed by atoms with van der Waals surface area (Å²) in [6.45, 7) is 6.46. The summed E-state index contributed by atoms with van der Waals surface area (Å²) in [6, 6.07) is 16.3. The number of hydrogen-bond donors (Lipinski definition) is 2. The first kappa shape index (κ1) is 32.3. The van der Waals surface area contributed by atoms with E-state index in [-0.39, 0.29) is 30.5 Å². The fourth-order valence-corrected chi connectivity index (χ4v) is 7.52. The lowest BCUT2D eigenvalue weighted by Crippen LogP contribution is -2.55. The maximum atomic E-state index is 13.4. The number of ether oxygens (including phenoxy) is 1. The van der Waals surface area contributed by atoms with Crippen LogP contribution in [0.2, 0.25) is 0 Å². The van der Waals surface area contributed by atoms with E-state index in [1.54, 1.807) is 35.2 Å². The molecule has 11 heteroatoms. The molecule has 0 bridgehead atoms. The maximum Gasteiger partial charge on any atom is 0.410 e. The van der Waals surface area contributed by atoms with Gasteiger partial charge in [-0.2, -0.15) is 9.76 Å². The Labute approximate surface area is 262 Å². The van der Waals surface area contributed by atoms with Crippen LogP contribution in [0.15, 0.2) is 72.1 Å². The van der Waals surface area contributed by atoms with Crippen molar-refractivity contribution in [2.45, 2.75) is 67.7 Å². The van der Waals surface area contributed by atoms with E-state index in [2.05, 4.69) is 17.0 Å². The van der Waals surface area contributed by atoms with Crippen molar-refractivity contribution >= 4 is 23.1 Å². The molecule has 3 aliphatic rings. The molecule has 0 radical (unpaired) electrons. The fraction of sp³-hybridized carbons (Fsp3) is 0.515. The average Bonchev–Trinajstić information content (AvgIpc) is 3.72. The minimum absolute atomic E-state index is 0.0392.